The molecule has 0 spiro atoms. The Morgan fingerprint density at radius 3 is 2.61 bits per heavy atom. The first-order chi connectivity index (χ1) is 15.1. The molecule has 2 aromatic heterocycles. The van der Waals surface area contributed by atoms with Crippen LogP contribution in [0.5, 0.6) is 11.5 Å². The van der Waals surface area contributed by atoms with Crippen molar-refractivity contribution >= 4 is 21.6 Å². The van der Waals surface area contributed by atoms with Gasteiger partial charge in [0.1, 0.15) is 17.3 Å². The quantitative estimate of drug-likeness (QED) is 0.401. The summed E-state index contributed by atoms with van der Waals surface area (Å²) in [7, 11) is 3.41. The summed E-state index contributed by atoms with van der Waals surface area (Å²) in [6.45, 7) is 3.44. The third kappa shape index (κ3) is 3.93. The number of rotatable bonds is 6. The van der Waals surface area contributed by atoms with E-state index in [1.165, 1.54) is 39.2 Å². The smallest absolute Gasteiger partial charge is 0.126 e. The van der Waals surface area contributed by atoms with Crippen molar-refractivity contribution in [1.82, 2.24) is 9.47 Å². The van der Waals surface area contributed by atoms with Crippen LogP contribution < -0.4 is 9.47 Å². The van der Waals surface area contributed by atoms with Crippen molar-refractivity contribution in [2.45, 2.75) is 26.1 Å². The van der Waals surface area contributed by atoms with E-state index < -0.39 is 0 Å². The summed E-state index contributed by atoms with van der Waals surface area (Å²) in [4.78, 5) is 2.47. The van der Waals surface area contributed by atoms with Crippen molar-refractivity contribution in [1.29, 1.82) is 0 Å². The molecule has 5 rings (SSSR count). The number of halogens is 1. The van der Waals surface area contributed by atoms with Gasteiger partial charge in [0.15, 0.2) is 0 Å². The van der Waals surface area contributed by atoms with Crippen molar-refractivity contribution in [2.24, 2.45) is 0 Å². The van der Waals surface area contributed by atoms with Crippen molar-refractivity contribution < 1.29 is 13.9 Å². The van der Waals surface area contributed by atoms with Gasteiger partial charge in [-0.05, 0) is 53.3 Å². The van der Waals surface area contributed by atoms with E-state index in [2.05, 4.69) is 33.0 Å². The molecule has 0 N–H and O–H groups in total. The summed E-state index contributed by atoms with van der Waals surface area (Å²) in [5.74, 6) is 1.54. The lowest BCUT2D eigenvalue weighted by Crippen LogP contribution is -2.31. The van der Waals surface area contributed by atoms with E-state index in [-0.39, 0.29) is 5.82 Å². The number of nitrogens with zero attached hydrogens (tertiary/aromatic N) is 2. The molecule has 0 unspecified atom stereocenters. The van der Waals surface area contributed by atoms with Gasteiger partial charge in [-0.2, -0.15) is 0 Å². The van der Waals surface area contributed by atoms with Crippen LogP contribution in [0.3, 0.4) is 0 Å². The fourth-order valence-corrected chi connectivity index (χ4v) is 5.32. The SMILES string of the molecule is COc1cc2c(c(OC)c1)CCN(Cc1cc3sccc3n1Cc1ccc(F)cc1)C2. The lowest BCUT2D eigenvalue weighted by Gasteiger charge is -2.30. The van der Waals surface area contributed by atoms with E-state index in [0.29, 0.717) is 0 Å². The number of methoxy groups -OCH3 is 2. The Kier molecular flexibility index (Phi) is 5.42. The molecule has 0 bridgehead atoms. The standard InChI is InChI=1S/C25H25FN2O2S/c1-29-21-11-18-15-27(9-7-22(18)24(13-21)30-2)16-20-12-25-23(8-10-31-25)28(20)14-17-3-5-19(26)6-4-17/h3-6,8,10-13H,7,9,14-16H2,1-2H3. The maximum absolute atomic E-state index is 13.4. The van der Waals surface area contributed by atoms with Gasteiger partial charge in [0.05, 0.1) is 24.4 Å². The van der Waals surface area contributed by atoms with Crippen LogP contribution in [-0.2, 0) is 26.1 Å². The molecule has 31 heavy (non-hydrogen) atoms. The normalized spacial score (nSPS) is 14.0. The van der Waals surface area contributed by atoms with Crippen molar-refractivity contribution in [2.75, 3.05) is 20.8 Å². The number of thiophene rings is 1. The Labute approximate surface area is 185 Å². The molecule has 6 heteroatoms. The highest BCUT2D eigenvalue weighted by atomic mass is 32.1. The van der Waals surface area contributed by atoms with Gasteiger partial charge in [-0.25, -0.2) is 4.39 Å². The average Bonchev–Trinajstić information content (AvgIpc) is 3.36. The van der Waals surface area contributed by atoms with Gasteiger partial charge in [0, 0.05) is 43.5 Å². The topological polar surface area (TPSA) is 26.6 Å². The monoisotopic (exact) mass is 436 g/mol. The zero-order chi connectivity index (χ0) is 21.4. The largest absolute Gasteiger partial charge is 0.497 e. The summed E-state index contributed by atoms with van der Waals surface area (Å²) >= 11 is 1.76. The van der Waals surface area contributed by atoms with E-state index in [9.17, 15) is 4.39 Å². The summed E-state index contributed by atoms with van der Waals surface area (Å²) in [5.41, 5.74) is 6.17. The van der Waals surface area contributed by atoms with E-state index in [1.54, 1.807) is 25.6 Å². The van der Waals surface area contributed by atoms with Crippen molar-refractivity contribution in [3.8, 4) is 11.5 Å². The maximum atomic E-state index is 13.4. The third-order valence-corrected chi connectivity index (χ3v) is 6.90. The van der Waals surface area contributed by atoms with E-state index in [0.717, 1.165) is 49.7 Å². The zero-order valence-electron chi connectivity index (χ0n) is 17.7. The fourth-order valence-electron chi connectivity index (χ4n) is 4.47. The summed E-state index contributed by atoms with van der Waals surface area (Å²) in [6, 6.07) is 15.4. The molecular weight excluding hydrogens is 411 g/mol. The molecule has 4 nitrogen and oxygen atoms in total. The van der Waals surface area contributed by atoms with Crippen LogP contribution in [0.15, 0.2) is 53.9 Å². The van der Waals surface area contributed by atoms with Crippen LogP contribution in [0.2, 0.25) is 0 Å². The molecule has 1 aliphatic rings. The molecule has 0 atom stereocenters. The molecule has 3 heterocycles. The number of ether oxygens (including phenoxy) is 2. The summed E-state index contributed by atoms with van der Waals surface area (Å²) in [5, 5.41) is 2.13. The third-order valence-electron chi connectivity index (χ3n) is 6.05. The van der Waals surface area contributed by atoms with Crippen LogP contribution in [0.1, 0.15) is 22.4 Å². The average molecular weight is 437 g/mol. The number of aromatic nitrogens is 1. The minimum Gasteiger partial charge on any atom is -0.497 e. The highest BCUT2D eigenvalue weighted by Gasteiger charge is 2.22. The molecule has 0 aliphatic carbocycles. The Balaban J connectivity index is 1.42. The van der Waals surface area contributed by atoms with Crippen LogP contribution >= 0.6 is 11.3 Å². The first-order valence-corrected chi connectivity index (χ1v) is 11.3. The van der Waals surface area contributed by atoms with E-state index >= 15 is 0 Å². The van der Waals surface area contributed by atoms with Gasteiger partial charge in [-0.1, -0.05) is 12.1 Å². The van der Waals surface area contributed by atoms with E-state index in [1.807, 2.05) is 18.2 Å². The number of hydrogen-bond acceptors (Lipinski definition) is 4. The molecule has 4 aromatic rings. The van der Waals surface area contributed by atoms with Crippen molar-refractivity contribution in [3.05, 3.63) is 82.1 Å². The Morgan fingerprint density at radius 2 is 1.84 bits per heavy atom. The Morgan fingerprint density at radius 1 is 1.00 bits per heavy atom. The second-order valence-corrected chi connectivity index (χ2v) is 8.89. The highest BCUT2D eigenvalue weighted by Crippen LogP contribution is 2.34. The van der Waals surface area contributed by atoms with Crippen LogP contribution in [-0.4, -0.2) is 30.2 Å². The highest BCUT2D eigenvalue weighted by molar-refractivity contribution is 7.17. The summed E-state index contributed by atoms with van der Waals surface area (Å²) < 4.78 is 28.1. The predicted octanol–water partition coefficient (Wildman–Crippen LogP) is 5.47. The van der Waals surface area contributed by atoms with Crippen LogP contribution in [0.4, 0.5) is 4.39 Å². The number of benzene rings is 2. The van der Waals surface area contributed by atoms with E-state index in [4.69, 9.17) is 9.47 Å². The van der Waals surface area contributed by atoms with Gasteiger partial charge in [-0.15, -0.1) is 11.3 Å². The molecule has 0 fully saturated rings. The first-order valence-electron chi connectivity index (χ1n) is 10.4. The number of fused-ring (bicyclic) bond motifs is 2. The zero-order valence-corrected chi connectivity index (χ0v) is 18.5. The molecule has 2 aromatic carbocycles. The predicted molar refractivity (Wildman–Crippen MR) is 123 cm³/mol. The second-order valence-electron chi connectivity index (χ2n) is 7.95. The van der Waals surface area contributed by atoms with Crippen LogP contribution in [0, 0.1) is 5.82 Å². The second kappa shape index (κ2) is 8.36. The maximum Gasteiger partial charge on any atom is 0.126 e. The fraction of sp³-hybridized carbons (Fsp3) is 0.280. The van der Waals surface area contributed by atoms with Crippen LogP contribution in [0.25, 0.3) is 10.2 Å². The van der Waals surface area contributed by atoms with Gasteiger partial charge < -0.3 is 14.0 Å². The lowest BCUT2D eigenvalue weighted by molar-refractivity contribution is 0.236. The van der Waals surface area contributed by atoms with Gasteiger partial charge in [-0.3, -0.25) is 4.90 Å². The van der Waals surface area contributed by atoms with Gasteiger partial charge >= 0.3 is 0 Å². The Hall–Kier alpha value is -2.83. The minimum absolute atomic E-state index is 0.199. The summed E-state index contributed by atoms with van der Waals surface area (Å²) in [6.07, 6.45) is 0.954. The lowest BCUT2D eigenvalue weighted by atomic mass is 9.98. The molecule has 0 saturated carbocycles. The van der Waals surface area contributed by atoms with Gasteiger partial charge in [0.25, 0.3) is 0 Å². The Bertz CT molecular complexity index is 1210. The molecule has 160 valence electrons. The molecular formula is C25H25FN2O2S. The first kappa shape index (κ1) is 20.1. The van der Waals surface area contributed by atoms with Gasteiger partial charge in [0.2, 0.25) is 0 Å². The molecule has 0 amide bonds. The molecule has 0 radical (unpaired) electrons. The minimum atomic E-state index is -0.199. The molecule has 1 aliphatic heterocycles. The number of hydrogen-bond donors (Lipinski definition) is 0. The van der Waals surface area contributed by atoms with Crippen molar-refractivity contribution in [3.63, 3.8) is 0 Å². The molecule has 0 saturated heterocycles.